The van der Waals surface area contributed by atoms with Crippen molar-refractivity contribution in [2.75, 3.05) is 6.51 Å². The summed E-state index contributed by atoms with van der Waals surface area (Å²) in [5.41, 5.74) is 0.992. The van der Waals surface area contributed by atoms with Gasteiger partial charge in [0.05, 0.1) is 4.90 Å². The van der Waals surface area contributed by atoms with Gasteiger partial charge >= 0.3 is 0 Å². The molecule has 68 valence electrons. The van der Waals surface area contributed by atoms with Crippen LogP contribution in [0.1, 0.15) is 5.56 Å². The monoisotopic (exact) mass is 196 g/mol. The van der Waals surface area contributed by atoms with E-state index in [1.165, 1.54) is 12.1 Å². The zero-order chi connectivity index (χ0) is 9.90. The Balaban J connectivity index is 3.02. The molecule has 0 fully saturated rings. The lowest BCUT2D eigenvalue weighted by Crippen LogP contribution is -2.07. The third-order valence-electron chi connectivity index (χ3n) is 1.53. The molecule has 0 heterocycles. The van der Waals surface area contributed by atoms with Crippen LogP contribution in [0.4, 0.5) is 0 Å². The second-order valence-electron chi connectivity index (χ2n) is 2.55. The first kappa shape index (κ1) is 10.3. The van der Waals surface area contributed by atoms with Crippen LogP contribution in [0.2, 0.25) is 0 Å². The van der Waals surface area contributed by atoms with E-state index < -0.39 is 10.1 Å². The Morgan fingerprint density at radius 3 is 2.31 bits per heavy atom. The minimum atomic E-state index is -3.65. The number of hydrogen-bond donors (Lipinski definition) is 0. The standard InChI is InChI=1S/C8H9BO3S/c1-7-2-4-8(5-3-7)13(10,11)12-6-9/h2-5H,6H2,1H3. The molecular weight excluding hydrogens is 187 g/mol. The molecule has 0 aliphatic carbocycles. The van der Waals surface area contributed by atoms with Gasteiger partial charge in [-0.25, -0.2) is 0 Å². The van der Waals surface area contributed by atoms with Crippen LogP contribution in [-0.2, 0) is 14.3 Å². The summed E-state index contributed by atoms with van der Waals surface area (Å²) in [6, 6.07) is 6.38. The van der Waals surface area contributed by atoms with Crippen molar-refractivity contribution < 1.29 is 12.6 Å². The van der Waals surface area contributed by atoms with Crippen molar-refractivity contribution in [1.82, 2.24) is 0 Å². The van der Waals surface area contributed by atoms with E-state index in [1.54, 1.807) is 12.1 Å². The van der Waals surface area contributed by atoms with E-state index in [2.05, 4.69) is 4.18 Å². The van der Waals surface area contributed by atoms with Crippen LogP contribution < -0.4 is 0 Å². The maximum Gasteiger partial charge on any atom is 0.296 e. The van der Waals surface area contributed by atoms with Crippen LogP contribution in [0.5, 0.6) is 0 Å². The van der Waals surface area contributed by atoms with Crippen LogP contribution >= 0.6 is 0 Å². The number of rotatable bonds is 3. The second kappa shape index (κ2) is 3.94. The highest BCUT2D eigenvalue weighted by Crippen LogP contribution is 2.12. The minimum absolute atomic E-state index is 0.128. The lowest BCUT2D eigenvalue weighted by Gasteiger charge is -2.02. The van der Waals surface area contributed by atoms with Crippen LogP contribution in [0, 0.1) is 6.92 Å². The molecule has 0 spiro atoms. The molecule has 1 rings (SSSR count). The molecule has 0 unspecified atom stereocenters. The highest BCUT2D eigenvalue weighted by Gasteiger charge is 2.12. The fraction of sp³-hybridized carbons (Fsp3) is 0.250. The van der Waals surface area contributed by atoms with E-state index in [1.807, 2.05) is 6.92 Å². The third-order valence-corrected chi connectivity index (χ3v) is 2.83. The number of aryl methyl sites for hydroxylation is 1. The molecule has 1 aromatic rings. The van der Waals surface area contributed by atoms with Gasteiger partial charge < -0.3 is 0 Å². The van der Waals surface area contributed by atoms with Crippen LogP contribution in [0.3, 0.4) is 0 Å². The van der Waals surface area contributed by atoms with Gasteiger partial charge in [-0.1, -0.05) is 17.7 Å². The van der Waals surface area contributed by atoms with Crippen molar-refractivity contribution in [3.05, 3.63) is 29.8 Å². The summed E-state index contributed by atoms with van der Waals surface area (Å²) in [5, 5.41) is 0. The fourth-order valence-electron chi connectivity index (χ4n) is 0.863. The quantitative estimate of drug-likeness (QED) is 0.531. The summed E-state index contributed by atoms with van der Waals surface area (Å²) >= 11 is 0. The van der Waals surface area contributed by atoms with E-state index in [0.717, 1.165) is 5.56 Å². The topological polar surface area (TPSA) is 43.4 Å². The fourth-order valence-corrected chi connectivity index (χ4v) is 1.65. The summed E-state index contributed by atoms with van der Waals surface area (Å²) in [7, 11) is 1.33. The Labute approximate surface area is 79.3 Å². The van der Waals surface area contributed by atoms with Crippen molar-refractivity contribution in [3.63, 3.8) is 0 Å². The molecule has 0 saturated heterocycles. The first-order chi connectivity index (χ1) is 6.06. The molecule has 0 atom stereocenters. The van der Waals surface area contributed by atoms with Gasteiger partial charge in [-0.3, -0.25) is 4.18 Å². The Morgan fingerprint density at radius 1 is 1.31 bits per heavy atom. The number of benzene rings is 1. The first-order valence-corrected chi connectivity index (χ1v) is 5.13. The lowest BCUT2D eigenvalue weighted by atomic mass is 10.2. The Hall–Kier alpha value is -0.805. The van der Waals surface area contributed by atoms with Crippen LogP contribution in [0.25, 0.3) is 0 Å². The molecule has 3 nitrogen and oxygen atoms in total. The summed E-state index contributed by atoms with van der Waals surface area (Å²) in [6.07, 6.45) is 0. The summed E-state index contributed by atoms with van der Waals surface area (Å²) in [6.45, 7) is 1.54. The summed E-state index contributed by atoms with van der Waals surface area (Å²) in [5.74, 6) is 0. The van der Waals surface area contributed by atoms with Gasteiger partial charge in [0.15, 0.2) is 0 Å². The van der Waals surface area contributed by atoms with Gasteiger partial charge in [-0.2, -0.15) is 8.42 Å². The van der Waals surface area contributed by atoms with Gasteiger partial charge in [-0.05, 0) is 19.1 Å². The molecule has 5 heteroatoms. The maximum atomic E-state index is 11.2. The number of hydrogen-bond acceptors (Lipinski definition) is 3. The molecule has 0 N–H and O–H groups in total. The molecule has 0 aliphatic heterocycles. The Kier molecular flexibility index (Phi) is 3.11. The summed E-state index contributed by atoms with van der Waals surface area (Å²) < 4.78 is 26.9. The van der Waals surface area contributed by atoms with E-state index in [-0.39, 0.29) is 11.4 Å². The third kappa shape index (κ3) is 2.57. The predicted octanol–water partition coefficient (Wildman–Crippen LogP) is 0.826. The second-order valence-corrected chi connectivity index (χ2v) is 4.17. The largest absolute Gasteiger partial charge is 0.296 e. The first-order valence-electron chi connectivity index (χ1n) is 3.72. The highest BCUT2D eigenvalue weighted by atomic mass is 32.2. The van der Waals surface area contributed by atoms with Crippen molar-refractivity contribution >= 4 is 18.0 Å². The van der Waals surface area contributed by atoms with Gasteiger partial charge in [0.25, 0.3) is 10.1 Å². The molecule has 13 heavy (non-hydrogen) atoms. The molecule has 0 aromatic heterocycles. The van der Waals surface area contributed by atoms with E-state index in [9.17, 15) is 8.42 Å². The normalized spacial score (nSPS) is 11.5. The Bertz CT molecular complexity index is 369. The van der Waals surface area contributed by atoms with Gasteiger partial charge in [0.1, 0.15) is 7.85 Å². The maximum absolute atomic E-state index is 11.2. The molecule has 0 aliphatic rings. The molecule has 1 aromatic carbocycles. The average Bonchev–Trinajstić information content (AvgIpc) is 2.05. The Morgan fingerprint density at radius 2 is 1.85 bits per heavy atom. The average molecular weight is 196 g/mol. The van der Waals surface area contributed by atoms with Gasteiger partial charge in [0.2, 0.25) is 0 Å². The molecule has 0 bridgehead atoms. The lowest BCUT2D eigenvalue weighted by molar-refractivity contribution is 0.377. The van der Waals surface area contributed by atoms with Crippen molar-refractivity contribution in [3.8, 4) is 0 Å². The highest BCUT2D eigenvalue weighted by molar-refractivity contribution is 7.86. The van der Waals surface area contributed by atoms with E-state index in [4.69, 9.17) is 7.85 Å². The van der Waals surface area contributed by atoms with Crippen molar-refractivity contribution in [2.45, 2.75) is 11.8 Å². The smallest absolute Gasteiger partial charge is 0.276 e. The van der Waals surface area contributed by atoms with Crippen molar-refractivity contribution in [2.24, 2.45) is 0 Å². The zero-order valence-electron chi connectivity index (χ0n) is 7.23. The minimum Gasteiger partial charge on any atom is -0.276 e. The van der Waals surface area contributed by atoms with E-state index in [0.29, 0.717) is 0 Å². The SMILES string of the molecule is [B]COS(=O)(=O)c1ccc(C)cc1. The molecular formula is C8H9BO3S. The molecule has 0 amide bonds. The van der Waals surface area contributed by atoms with Crippen LogP contribution in [-0.4, -0.2) is 22.8 Å². The van der Waals surface area contributed by atoms with Gasteiger partial charge in [0, 0.05) is 6.51 Å². The summed E-state index contributed by atoms with van der Waals surface area (Å²) in [4.78, 5) is 0.128. The predicted molar refractivity (Wildman–Crippen MR) is 50.1 cm³/mol. The molecule has 2 radical (unpaired) electrons. The van der Waals surface area contributed by atoms with Crippen molar-refractivity contribution in [1.29, 1.82) is 0 Å². The van der Waals surface area contributed by atoms with Crippen LogP contribution in [0.15, 0.2) is 29.2 Å². The molecule has 0 saturated carbocycles. The van der Waals surface area contributed by atoms with E-state index >= 15 is 0 Å². The zero-order valence-corrected chi connectivity index (χ0v) is 8.04. The van der Waals surface area contributed by atoms with Gasteiger partial charge in [-0.15, -0.1) is 0 Å².